The van der Waals surface area contributed by atoms with E-state index in [4.69, 9.17) is 4.42 Å². The first kappa shape index (κ1) is 32.9. The molecule has 0 fully saturated rings. The number of hydrogen-bond acceptors (Lipinski definition) is 1. The number of rotatable bonds is 4. The van der Waals surface area contributed by atoms with Crippen molar-refractivity contribution in [2.24, 2.45) is 0 Å². The van der Waals surface area contributed by atoms with E-state index >= 15 is 0 Å². The first-order chi connectivity index (χ1) is 30.2. The molecule has 0 unspecified atom stereocenters. The molecule has 1 aromatic heterocycles. The molecule has 0 aliphatic carbocycles. The minimum Gasteiger partial charge on any atom is -0.455 e. The summed E-state index contributed by atoms with van der Waals surface area (Å²) in [4.78, 5) is 0. The van der Waals surface area contributed by atoms with Gasteiger partial charge in [0.25, 0.3) is 0 Å². The van der Waals surface area contributed by atoms with Crippen LogP contribution in [0, 0.1) is 0 Å². The van der Waals surface area contributed by atoms with Crippen LogP contribution in [0.15, 0.2) is 211 Å². The Morgan fingerprint density at radius 2 is 0.656 bits per heavy atom. The minimum absolute atomic E-state index is 0.905. The van der Waals surface area contributed by atoms with Crippen LogP contribution in [0.3, 0.4) is 0 Å². The topological polar surface area (TPSA) is 13.1 Å². The zero-order valence-electron chi connectivity index (χ0n) is 33.0. The van der Waals surface area contributed by atoms with Gasteiger partial charge in [0.05, 0.1) is 0 Å². The maximum atomic E-state index is 6.89. The first-order valence-electron chi connectivity index (χ1n) is 21.2. The van der Waals surface area contributed by atoms with Crippen LogP contribution in [0.5, 0.6) is 0 Å². The van der Waals surface area contributed by atoms with Gasteiger partial charge < -0.3 is 4.42 Å². The lowest BCUT2D eigenvalue weighted by Gasteiger charge is -2.18. The molecule has 0 saturated heterocycles. The van der Waals surface area contributed by atoms with Crippen LogP contribution in [-0.2, 0) is 0 Å². The largest absolute Gasteiger partial charge is 0.455 e. The predicted molar refractivity (Wildman–Crippen MR) is 260 cm³/mol. The van der Waals surface area contributed by atoms with Crippen molar-refractivity contribution in [3.05, 3.63) is 206 Å². The van der Waals surface area contributed by atoms with Crippen molar-refractivity contribution in [3.63, 3.8) is 0 Å². The number of furan rings is 1. The number of fused-ring (bicyclic) bond motifs is 5. The Kier molecular flexibility index (Phi) is 6.62. The monoisotopic (exact) mass is 770 g/mol. The molecular weight excluding hydrogens is 737 g/mol. The Labute approximate surface area is 351 Å². The van der Waals surface area contributed by atoms with Gasteiger partial charge in [0.2, 0.25) is 0 Å². The van der Waals surface area contributed by atoms with Crippen LogP contribution in [0.1, 0.15) is 0 Å². The molecule has 0 spiro atoms. The summed E-state index contributed by atoms with van der Waals surface area (Å²) in [6.07, 6.45) is 0. The highest BCUT2D eigenvalue weighted by molar-refractivity contribution is 6.31. The molecule has 0 N–H and O–H groups in total. The van der Waals surface area contributed by atoms with E-state index in [9.17, 15) is 0 Å². The fraction of sp³-hybridized carbons (Fsp3) is 0. The minimum atomic E-state index is 0.905. The number of benzene rings is 13. The van der Waals surface area contributed by atoms with Gasteiger partial charge in [0.1, 0.15) is 11.2 Å². The summed E-state index contributed by atoms with van der Waals surface area (Å²) < 4.78 is 6.89. The summed E-state index contributed by atoms with van der Waals surface area (Å²) in [6, 6.07) is 76.3. The molecule has 0 radical (unpaired) electrons. The molecule has 14 aromatic rings. The second kappa shape index (κ2) is 12.3. The van der Waals surface area contributed by atoms with Crippen molar-refractivity contribution in [1.29, 1.82) is 0 Å². The molecule has 0 aliphatic heterocycles. The Balaban J connectivity index is 1.02. The second-order valence-corrected chi connectivity index (χ2v) is 16.7. The molecule has 0 atom stereocenters. The Morgan fingerprint density at radius 3 is 1.20 bits per heavy atom. The van der Waals surface area contributed by atoms with Crippen LogP contribution in [0.25, 0.3) is 142 Å². The third kappa shape index (κ3) is 4.61. The van der Waals surface area contributed by atoms with Gasteiger partial charge in [-0.05, 0) is 133 Å². The molecule has 1 heteroatoms. The van der Waals surface area contributed by atoms with Crippen molar-refractivity contribution >= 4 is 97.3 Å². The van der Waals surface area contributed by atoms with Crippen molar-refractivity contribution in [2.45, 2.75) is 0 Å². The van der Waals surface area contributed by atoms with E-state index in [1.165, 1.54) is 114 Å². The normalized spacial score (nSPS) is 12.3. The third-order valence-electron chi connectivity index (χ3n) is 13.6. The van der Waals surface area contributed by atoms with E-state index in [0.717, 1.165) is 27.5 Å². The molecule has 0 amide bonds. The van der Waals surface area contributed by atoms with E-state index < -0.39 is 0 Å². The van der Waals surface area contributed by atoms with Crippen LogP contribution < -0.4 is 0 Å². The summed E-state index contributed by atoms with van der Waals surface area (Å²) in [6.45, 7) is 0. The summed E-state index contributed by atoms with van der Waals surface area (Å²) in [5.41, 5.74) is 11.6. The fourth-order valence-electron chi connectivity index (χ4n) is 10.8. The third-order valence-corrected chi connectivity index (χ3v) is 13.6. The summed E-state index contributed by atoms with van der Waals surface area (Å²) in [7, 11) is 0. The number of hydrogen-bond donors (Lipinski definition) is 0. The maximum Gasteiger partial charge on any atom is 0.143 e. The molecule has 0 aliphatic rings. The van der Waals surface area contributed by atoms with Crippen LogP contribution in [0.4, 0.5) is 0 Å². The quantitative estimate of drug-likeness (QED) is 0.162. The zero-order valence-corrected chi connectivity index (χ0v) is 33.0. The predicted octanol–water partition coefficient (Wildman–Crippen LogP) is 17.2. The van der Waals surface area contributed by atoms with Gasteiger partial charge >= 0.3 is 0 Å². The van der Waals surface area contributed by atoms with Gasteiger partial charge in [-0.25, -0.2) is 0 Å². The van der Waals surface area contributed by atoms with E-state index in [1.807, 2.05) is 0 Å². The standard InChI is InChI=1S/C60H34O/c1-3-9-35(10-4-1)43-24-15-37-21-31-50-45(26-17-39-19-29-48(43)55(37)57(39)50)41-23-27-46-42(33-41)34-53(60-59(46)52-13-7-8-14-54(52)61-60)47-28-18-40-20-30-49-44(36-11-5-2-6-12-36)25-16-38-22-32-51(47)58(40)56(38)49/h1-34H. The van der Waals surface area contributed by atoms with E-state index in [-0.39, 0.29) is 0 Å². The molecule has 13 aromatic carbocycles. The SMILES string of the molecule is c1ccc(-c2ccc3ccc4c(-c5ccc6c(c5)cc(-c5ccc7ccc8c(-c9ccccc9)ccc9ccc5c7c98)c5oc7ccccc7c56)ccc5ccc2c3c54)cc1. The molecule has 280 valence electrons. The molecule has 0 bridgehead atoms. The summed E-state index contributed by atoms with van der Waals surface area (Å²) in [5.74, 6) is 0. The molecule has 14 rings (SSSR count). The van der Waals surface area contributed by atoms with E-state index in [0.29, 0.717) is 0 Å². The van der Waals surface area contributed by atoms with Crippen molar-refractivity contribution in [3.8, 4) is 44.5 Å². The zero-order chi connectivity index (χ0) is 39.8. The lowest BCUT2D eigenvalue weighted by atomic mass is 9.85. The lowest BCUT2D eigenvalue weighted by molar-refractivity contribution is 0.670. The highest BCUT2D eigenvalue weighted by atomic mass is 16.3. The maximum absolute atomic E-state index is 6.89. The van der Waals surface area contributed by atoms with Gasteiger partial charge in [-0.2, -0.15) is 0 Å². The molecule has 1 nitrogen and oxygen atoms in total. The van der Waals surface area contributed by atoms with Crippen LogP contribution in [-0.4, -0.2) is 0 Å². The van der Waals surface area contributed by atoms with Gasteiger partial charge in [-0.15, -0.1) is 0 Å². The average Bonchev–Trinajstić information content (AvgIpc) is 3.72. The van der Waals surface area contributed by atoms with Gasteiger partial charge in [-0.1, -0.05) is 188 Å². The highest BCUT2D eigenvalue weighted by Gasteiger charge is 2.21. The van der Waals surface area contributed by atoms with E-state index in [2.05, 4.69) is 206 Å². The molecule has 0 saturated carbocycles. The first-order valence-corrected chi connectivity index (χ1v) is 21.2. The molecule has 1 heterocycles. The lowest BCUT2D eigenvalue weighted by Crippen LogP contribution is -1.91. The smallest absolute Gasteiger partial charge is 0.143 e. The molecule has 61 heavy (non-hydrogen) atoms. The van der Waals surface area contributed by atoms with Crippen molar-refractivity contribution in [1.82, 2.24) is 0 Å². The Morgan fingerprint density at radius 1 is 0.230 bits per heavy atom. The van der Waals surface area contributed by atoms with Gasteiger partial charge in [0.15, 0.2) is 0 Å². The van der Waals surface area contributed by atoms with Gasteiger partial charge in [-0.3, -0.25) is 0 Å². The Hall–Kier alpha value is -8.00. The van der Waals surface area contributed by atoms with Crippen molar-refractivity contribution in [2.75, 3.05) is 0 Å². The van der Waals surface area contributed by atoms with Crippen molar-refractivity contribution < 1.29 is 4.42 Å². The summed E-state index contributed by atoms with van der Waals surface area (Å²) in [5, 5.41) is 20.1. The fourth-order valence-corrected chi connectivity index (χ4v) is 10.8. The summed E-state index contributed by atoms with van der Waals surface area (Å²) >= 11 is 0. The van der Waals surface area contributed by atoms with Crippen LogP contribution >= 0.6 is 0 Å². The van der Waals surface area contributed by atoms with Crippen LogP contribution in [0.2, 0.25) is 0 Å². The second-order valence-electron chi connectivity index (χ2n) is 16.7. The van der Waals surface area contributed by atoms with Gasteiger partial charge in [0, 0.05) is 16.3 Å². The average molecular weight is 771 g/mol. The Bertz CT molecular complexity index is 4080. The van der Waals surface area contributed by atoms with E-state index in [1.54, 1.807) is 0 Å². The number of para-hydroxylation sites is 1. The molecular formula is C60H34O. The highest BCUT2D eigenvalue weighted by Crippen LogP contribution is 2.48.